The number of nitrogens with one attached hydrogen (secondary N) is 6. The fraction of sp³-hybridized carbons (Fsp3) is 0.587. The quantitative estimate of drug-likeness (QED) is 0.0722. The summed E-state index contributed by atoms with van der Waals surface area (Å²) in [4.78, 5) is 81.2. The number of ether oxygens (including phenoxy) is 2. The lowest BCUT2D eigenvalue weighted by molar-refractivity contribution is -0.134. The lowest BCUT2D eigenvalue weighted by Crippen LogP contribution is -2.48. The summed E-state index contributed by atoms with van der Waals surface area (Å²) in [6.45, 7) is 8.22. The van der Waals surface area contributed by atoms with Gasteiger partial charge in [0.05, 0.1) is 36.7 Å². The number of hydrogen-bond acceptors (Lipinski definition) is 17. The molecule has 6 aromatic heterocycles. The summed E-state index contributed by atoms with van der Waals surface area (Å²) in [7, 11) is 3.89. The average molecular weight is 977 g/mol. The van der Waals surface area contributed by atoms with Gasteiger partial charge in [-0.05, 0) is 58.8 Å². The number of urea groups is 1. The number of fused-ring (bicyclic) bond motifs is 2. The molecule has 4 saturated heterocycles. The number of nitrogens with zero attached hydrogens (tertiary/aromatic N) is 14. The summed E-state index contributed by atoms with van der Waals surface area (Å²) in [5.41, 5.74) is 4.29. The standard InChI is InChI=1S/C46H64N20O5/c1-5-47-42(67)32-7-9-34(70-32)65-26-53-36-38(57-44(59-40(36)65)49-16-11-29-21-61(3)24-51-29)55-28-13-18-63(19-14-28)46(69)64-20-15-31(23-64)56-39-37-41(60-45(58-39)50-17-12-30-22-62(4)25-52-30)66(27-54-37)35-10-8-33(71-35)43(68)48-6-2/h21-22,24-28,31-35H,5-20,23H2,1-4H3,(H,47,67)(H,48,68)(H2,49,55,57,59)(H2,50,56,58,60)/t31-,32+,33+,34-,35-/m1/s1. The number of likely N-dealkylation sites (tertiary alicyclic amines) is 2. The molecule has 4 aliphatic heterocycles. The van der Waals surface area contributed by atoms with E-state index >= 15 is 0 Å². The molecule has 5 atom stereocenters. The molecule has 25 nitrogen and oxygen atoms in total. The second-order valence-corrected chi connectivity index (χ2v) is 18.7. The lowest BCUT2D eigenvalue weighted by atomic mass is 10.1. The van der Waals surface area contributed by atoms with Crippen LogP contribution in [0.3, 0.4) is 0 Å². The highest BCUT2D eigenvalue weighted by Gasteiger charge is 2.36. The van der Waals surface area contributed by atoms with E-state index in [2.05, 4.69) is 41.9 Å². The highest BCUT2D eigenvalue weighted by Crippen LogP contribution is 2.35. The van der Waals surface area contributed by atoms with Crippen LogP contribution in [-0.4, -0.2) is 162 Å². The van der Waals surface area contributed by atoms with Gasteiger partial charge < -0.3 is 60.3 Å². The summed E-state index contributed by atoms with van der Waals surface area (Å²) < 4.78 is 20.0. The van der Waals surface area contributed by atoms with E-state index in [0.29, 0.717) is 150 Å². The monoisotopic (exact) mass is 977 g/mol. The molecule has 10 heterocycles. The molecule has 4 amide bonds. The topological polar surface area (TPSA) is 271 Å². The number of amides is 4. The molecule has 71 heavy (non-hydrogen) atoms. The van der Waals surface area contributed by atoms with Crippen LogP contribution in [0.25, 0.3) is 22.3 Å². The van der Waals surface area contributed by atoms with E-state index < -0.39 is 24.7 Å². The van der Waals surface area contributed by atoms with Gasteiger partial charge in [-0.25, -0.2) is 24.7 Å². The second kappa shape index (κ2) is 21.1. The number of imidazole rings is 4. The van der Waals surface area contributed by atoms with Crippen molar-refractivity contribution in [3.8, 4) is 0 Å². The molecule has 0 radical (unpaired) electrons. The Labute approximate surface area is 410 Å². The second-order valence-electron chi connectivity index (χ2n) is 18.7. The molecule has 0 aliphatic carbocycles. The minimum Gasteiger partial charge on any atom is -0.365 e. The molecule has 4 aliphatic rings. The maximum Gasteiger partial charge on any atom is 0.320 e. The summed E-state index contributed by atoms with van der Waals surface area (Å²) in [6.07, 6.45) is 15.0. The Morgan fingerprint density at radius 1 is 0.592 bits per heavy atom. The third-order valence-electron chi connectivity index (χ3n) is 13.5. The predicted molar refractivity (Wildman–Crippen MR) is 262 cm³/mol. The van der Waals surface area contributed by atoms with E-state index in [0.717, 1.165) is 17.8 Å². The number of anilines is 4. The van der Waals surface area contributed by atoms with Crippen LogP contribution in [0.5, 0.6) is 0 Å². The number of likely N-dealkylation sites (N-methyl/N-ethyl adjacent to an activating group) is 2. The van der Waals surface area contributed by atoms with Crippen molar-refractivity contribution >= 4 is 63.7 Å². The summed E-state index contributed by atoms with van der Waals surface area (Å²) in [5, 5.41) is 19.8. The number of aromatic nitrogens is 12. The van der Waals surface area contributed by atoms with E-state index in [1.165, 1.54) is 0 Å². The molecule has 6 N–H and O–H groups in total. The van der Waals surface area contributed by atoms with Crippen molar-refractivity contribution in [1.29, 1.82) is 0 Å². The van der Waals surface area contributed by atoms with Gasteiger partial charge in [-0.1, -0.05) is 0 Å². The van der Waals surface area contributed by atoms with Crippen molar-refractivity contribution < 1.29 is 23.9 Å². The van der Waals surface area contributed by atoms with Crippen LogP contribution in [0.2, 0.25) is 0 Å². The first-order valence-corrected chi connectivity index (χ1v) is 24.9. The summed E-state index contributed by atoms with van der Waals surface area (Å²) in [6, 6.07) is -0.0394. The number of rotatable bonds is 18. The van der Waals surface area contributed by atoms with Crippen LogP contribution in [0.15, 0.2) is 37.7 Å². The lowest BCUT2D eigenvalue weighted by Gasteiger charge is -2.35. The van der Waals surface area contributed by atoms with Crippen LogP contribution in [0.1, 0.15) is 82.6 Å². The zero-order valence-electron chi connectivity index (χ0n) is 40.8. The highest BCUT2D eigenvalue weighted by atomic mass is 16.5. The van der Waals surface area contributed by atoms with Crippen LogP contribution in [0, 0.1) is 0 Å². The minimum atomic E-state index is -0.545. The van der Waals surface area contributed by atoms with E-state index in [9.17, 15) is 14.4 Å². The van der Waals surface area contributed by atoms with Gasteiger partial charge in [0.1, 0.15) is 24.7 Å². The number of hydrogen-bond donors (Lipinski definition) is 6. The van der Waals surface area contributed by atoms with Crippen molar-refractivity contribution in [2.75, 3.05) is 73.6 Å². The predicted octanol–water partition coefficient (Wildman–Crippen LogP) is 2.55. The van der Waals surface area contributed by atoms with Crippen LogP contribution < -0.4 is 31.9 Å². The first kappa shape index (κ1) is 47.5. The number of aryl methyl sites for hydroxylation is 2. The van der Waals surface area contributed by atoms with Crippen molar-refractivity contribution in [3.63, 3.8) is 0 Å². The number of carbonyl (C=O) groups excluding carboxylic acids is 3. The Morgan fingerprint density at radius 3 is 1.55 bits per heavy atom. The fourth-order valence-electron chi connectivity index (χ4n) is 9.87. The van der Waals surface area contributed by atoms with Gasteiger partial charge in [-0.2, -0.15) is 19.9 Å². The molecule has 0 unspecified atom stereocenters. The largest absolute Gasteiger partial charge is 0.365 e. The Kier molecular flexibility index (Phi) is 14.1. The van der Waals surface area contributed by atoms with E-state index in [4.69, 9.17) is 39.4 Å². The zero-order valence-corrected chi connectivity index (χ0v) is 40.8. The molecule has 378 valence electrons. The zero-order chi connectivity index (χ0) is 49.0. The van der Waals surface area contributed by atoms with E-state index in [-0.39, 0.29) is 29.9 Å². The summed E-state index contributed by atoms with van der Waals surface area (Å²) in [5.74, 6) is 1.79. The molecule has 0 spiro atoms. The van der Waals surface area contributed by atoms with Crippen molar-refractivity contribution in [2.45, 2.75) is 108 Å². The average Bonchev–Trinajstić information content (AvgIpc) is 4.23. The van der Waals surface area contributed by atoms with Gasteiger partial charge in [-0.15, -0.1) is 0 Å². The molecular weight excluding hydrogens is 913 g/mol. The SMILES string of the molecule is CCNC(=O)[C@@H]1CC[C@H](n2cnc3c(NC4CCN(C(=O)N5CC[C@@H](Nc6nc(NCCc7cn(C)cn7)nc7c6ncn7[C@H]6CC[C@@H](C(=O)NCC)O6)C5)CC4)nc(NCCc4cn(C)cn4)nc32)O1. The Bertz CT molecular complexity index is 2830. The first-order chi connectivity index (χ1) is 34.6. The van der Waals surface area contributed by atoms with E-state index in [1.807, 2.05) is 68.4 Å². The normalized spacial score (nSPS) is 21.6. The maximum absolute atomic E-state index is 14.1. The van der Waals surface area contributed by atoms with Gasteiger partial charge in [0.25, 0.3) is 0 Å². The molecule has 25 heteroatoms. The van der Waals surface area contributed by atoms with Crippen LogP contribution in [-0.2, 0) is 46.0 Å². The molecule has 0 aromatic carbocycles. The van der Waals surface area contributed by atoms with Crippen molar-refractivity contribution in [3.05, 3.63) is 49.1 Å². The smallest absolute Gasteiger partial charge is 0.320 e. The van der Waals surface area contributed by atoms with Gasteiger partial charge >= 0.3 is 6.03 Å². The highest BCUT2D eigenvalue weighted by molar-refractivity contribution is 5.86. The van der Waals surface area contributed by atoms with Gasteiger partial charge in [-0.3, -0.25) is 18.7 Å². The molecule has 0 saturated carbocycles. The minimum absolute atomic E-state index is 0.00633. The third kappa shape index (κ3) is 10.6. The Hall–Kier alpha value is -7.15. The van der Waals surface area contributed by atoms with Crippen LogP contribution in [0.4, 0.5) is 28.3 Å². The number of carbonyl (C=O) groups is 3. The molecule has 0 bridgehead atoms. The van der Waals surface area contributed by atoms with Crippen LogP contribution >= 0.6 is 0 Å². The first-order valence-electron chi connectivity index (χ1n) is 24.9. The van der Waals surface area contributed by atoms with Crippen molar-refractivity contribution in [1.82, 2.24) is 78.6 Å². The summed E-state index contributed by atoms with van der Waals surface area (Å²) >= 11 is 0. The van der Waals surface area contributed by atoms with Gasteiger partial charge in [0.2, 0.25) is 23.7 Å². The van der Waals surface area contributed by atoms with E-state index in [1.54, 1.807) is 25.3 Å². The van der Waals surface area contributed by atoms with Crippen molar-refractivity contribution in [2.24, 2.45) is 14.1 Å². The Balaban J connectivity index is 0.785. The molecule has 6 aromatic rings. The number of piperidine rings is 1. The Morgan fingerprint density at radius 2 is 1.07 bits per heavy atom. The molecular formula is C46H64N20O5. The maximum atomic E-state index is 14.1. The fourth-order valence-corrected chi connectivity index (χ4v) is 9.87. The molecule has 10 rings (SSSR count). The van der Waals surface area contributed by atoms with Gasteiger partial charge in [0.15, 0.2) is 34.0 Å². The molecule has 4 fully saturated rings. The third-order valence-corrected chi connectivity index (χ3v) is 13.5. The van der Waals surface area contributed by atoms with Gasteiger partial charge in [0, 0.05) is 104 Å².